The molecule has 4 nitrogen and oxygen atoms in total. The van der Waals surface area contributed by atoms with Crippen LogP contribution in [0.25, 0.3) is 11.1 Å². The Morgan fingerprint density at radius 1 is 1.05 bits per heavy atom. The highest BCUT2D eigenvalue weighted by atomic mass is 16.3. The van der Waals surface area contributed by atoms with Crippen LogP contribution in [-0.4, -0.2) is 22.7 Å². The fourth-order valence-electron chi connectivity index (χ4n) is 2.07. The van der Waals surface area contributed by atoms with Crippen LogP contribution in [0.3, 0.4) is 0 Å². The topological polar surface area (TPSA) is 69.6 Å². The maximum atomic E-state index is 10.9. The van der Waals surface area contributed by atoms with Crippen molar-refractivity contribution in [1.82, 2.24) is 5.32 Å². The van der Waals surface area contributed by atoms with Gasteiger partial charge < -0.3 is 15.5 Å². The molecule has 0 aliphatic carbocycles. The lowest BCUT2D eigenvalue weighted by Crippen LogP contribution is -2.22. The van der Waals surface area contributed by atoms with Crippen LogP contribution in [0.15, 0.2) is 42.5 Å². The Morgan fingerprint density at radius 3 is 2.35 bits per heavy atom. The van der Waals surface area contributed by atoms with Crippen LogP contribution in [0.5, 0.6) is 11.5 Å². The molecule has 0 saturated carbocycles. The van der Waals surface area contributed by atoms with Gasteiger partial charge in [0.15, 0.2) is 0 Å². The molecule has 4 heteroatoms. The molecule has 0 bridgehead atoms. The number of hydrogen-bond acceptors (Lipinski definition) is 3. The maximum absolute atomic E-state index is 10.9. The summed E-state index contributed by atoms with van der Waals surface area (Å²) in [5.41, 5.74) is 2.84. The quantitative estimate of drug-likeness (QED) is 0.800. The van der Waals surface area contributed by atoms with E-state index in [9.17, 15) is 15.0 Å². The van der Waals surface area contributed by atoms with Crippen LogP contribution >= 0.6 is 0 Å². The number of benzene rings is 2. The lowest BCUT2D eigenvalue weighted by atomic mass is 9.97. The van der Waals surface area contributed by atoms with Gasteiger partial charge in [0.1, 0.15) is 11.5 Å². The first-order valence-corrected chi connectivity index (χ1v) is 6.42. The van der Waals surface area contributed by atoms with Gasteiger partial charge >= 0.3 is 0 Å². The summed E-state index contributed by atoms with van der Waals surface area (Å²) in [7, 11) is 0. The second-order valence-electron chi connectivity index (χ2n) is 4.62. The number of phenols is 2. The molecule has 0 heterocycles. The van der Waals surface area contributed by atoms with E-state index in [1.165, 1.54) is 6.92 Å². The molecule has 2 aromatic carbocycles. The lowest BCUT2D eigenvalue weighted by molar-refractivity contribution is -0.118. The van der Waals surface area contributed by atoms with Gasteiger partial charge in [0.25, 0.3) is 0 Å². The van der Waals surface area contributed by atoms with Crippen molar-refractivity contribution in [3.05, 3.63) is 48.0 Å². The van der Waals surface area contributed by atoms with Gasteiger partial charge in [0, 0.05) is 13.5 Å². The molecule has 0 saturated heterocycles. The zero-order valence-electron chi connectivity index (χ0n) is 11.3. The van der Waals surface area contributed by atoms with Crippen molar-refractivity contribution in [3.8, 4) is 22.6 Å². The third-order valence-corrected chi connectivity index (χ3v) is 3.04. The van der Waals surface area contributed by atoms with Crippen molar-refractivity contribution in [2.24, 2.45) is 0 Å². The molecule has 1 amide bonds. The molecule has 0 atom stereocenters. The van der Waals surface area contributed by atoms with E-state index in [4.69, 9.17) is 0 Å². The summed E-state index contributed by atoms with van der Waals surface area (Å²) >= 11 is 0. The van der Waals surface area contributed by atoms with Gasteiger partial charge in [-0.1, -0.05) is 18.2 Å². The van der Waals surface area contributed by atoms with E-state index >= 15 is 0 Å². The van der Waals surface area contributed by atoms with E-state index in [0.29, 0.717) is 13.0 Å². The minimum atomic E-state index is -0.0602. The van der Waals surface area contributed by atoms with Gasteiger partial charge in [-0.05, 0) is 47.4 Å². The third kappa shape index (κ3) is 3.51. The average molecular weight is 271 g/mol. The zero-order chi connectivity index (χ0) is 14.5. The van der Waals surface area contributed by atoms with Crippen LogP contribution in [0.2, 0.25) is 0 Å². The van der Waals surface area contributed by atoms with E-state index in [1.54, 1.807) is 36.4 Å². The van der Waals surface area contributed by atoms with Gasteiger partial charge in [0.2, 0.25) is 5.91 Å². The van der Waals surface area contributed by atoms with E-state index in [0.717, 1.165) is 16.7 Å². The number of nitrogens with one attached hydrogen (secondary N) is 1. The van der Waals surface area contributed by atoms with Crippen molar-refractivity contribution < 1.29 is 15.0 Å². The van der Waals surface area contributed by atoms with Gasteiger partial charge in [-0.3, -0.25) is 4.79 Å². The molecule has 0 unspecified atom stereocenters. The van der Waals surface area contributed by atoms with Crippen molar-refractivity contribution in [1.29, 1.82) is 0 Å². The summed E-state index contributed by atoms with van der Waals surface area (Å²) in [5, 5.41) is 21.7. The Kier molecular flexibility index (Phi) is 4.25. The van der Waals surface area contributed by atoms with Gasteiger partial charge in [-0.2, -0.15) is 0 Å². The molecule has 2 rings (SSSR count). The van der Waals surface area contributed by atoms with Crippen LogP contribution in [0.4, 0.5) is 0 Å². The second-order valence-corrected chi connectivity index (χ2v) is 4.62. The molecule has 0 aliphatic heterocycles. The number of phenolic OH excluding ortho intramolecular Hbond substituents is 2. The summed E-state index contributed by atoms with van der Waals surface area (Å²) in [6.07, 6.45) is 0.677. The fraction of sp³-hybridized carbons (Fsp3) is 0.188. The fourth-order valence-corrected chi connectivity index (χ4v) is 2.07. The normalized spacial score (nSPS) is 10.2. The van der Waals surface area contributed by atoms with Crippen molar-refractivity contribution in [2.75, 3.05) is 6.54 Å². The number of carbonyl (C=O) groups is 1. The van der Waals surface area contributed by atoms with Crippen molar-refractivity contribution in [2.45, 2.75) is 13.3 Å². The molecule has 0 aromatic heterocycles. The Hall–Kier alpha value is -2.49. The largest absolute Gasteiger partial charge is 0.508 e. The number of amides is 1. The molecule has 20 heavy (non-hydrogen) atoms. The molecule has 3 N–H and O–H groups in total. The highest BCUT2D eigenvalue weighted by Gasteiger charge is 2.07. The first-order valence-electron chi connectivity index (χ1n) is 6.42. The summed E-state index contributed by atoms with van der Waals surface area (Å²) in [4.78, 5) is 10.9. The van der Waals surface area contributed by atoms with Gasteiger partial charge in [-0.25, -0.2) is 0 Å². The first kappa shape index (κ1) is 13.9. The molecule has 104 valence electrons. The minimum absolute atomic E-state index is 0.0602. The number of hydrogen-bond donors (Lipinski definition) is 3. The molecule has 0 radical (unpaired) electrons. The smallest absolute Gasteiger partial charge is 0.216 e. The first-order chi connectivity index (χ1) is 9.56. The predicted molar refractivity (Wildman–Crippen MR) is 77.6 cm³/mol. The van der Waals surface area contributed by atoms with Crippen molar-refractivity contribution in [3.63, 3.8) is 0 Å². The Bertz CT molecular complexity index is 606. The van der Waals surface area contributed by atoms with E-state index in [-0.39, 0.29) is 17.4 Å². The summed E-state index contributed by atoms with van der Waals surface area (Å²) in [6, 6.07) is 12.0. The predicted octanol–water partition coefficient (Wildman–Crippen LogP) is 2.44. The zero-order valence-corrected chi connectivity index (χ0v) is 11.3. The Labute approximate surface area is 117 Å². The summed E-state index contributed by atoms with van der Waals surface area (Å²) in [6.45, 7) is 2.03. The Balaban J connectivity index is 2.28. The maximum Gasteiger partial charge on any atom is 0.216 e. The van der Waals surface area contributed by atoms with Crippen LogP contribution in [-0.2, 0) is 11.2 Å². The van der Waals surface area contributed by atoms with Crippen LogP contribution < -0.4 is 5.32 Å². The monoisotopic (exact) mass is 271 g/mol. The average Bonchev–Trinajstić information content (AvgIpc) is 2.41. The van der Waals surface area contributed by atoms with E-state index in [1.807, 2.05) is 6.07 Å². The minimum Gasteiger partial charge on any atom is -0.508 e. The van der Waals surface area contributed by atoms with E-state index < -0.39 is 0 Å². The molecule has 2 aromatic rings. The van der Waals surface area contributed by atoms with Crippen molar-refractivity contribution >= 4 is 5.91 Å². The number of rotatable bonds is 4. The molecule has 0 aliphatic rings. The number of aromatic hydroxyl groups is 2. The van der Waals surface area contributed by atoms with E-state index in [2.05, 4.69) is 5.32 Å². The van der Waals surface area contributed by atoms with Crippen LogP contribution in [0.1, 0.15) is 12.5 Å². The molecule has 0 spiro atoms. The Morgan fingerprint density at radius 2 is 1.70 bits per heavy atom. The SMILES string of the molecule is CC(=O)NCCc1ccc(O)cc1-c1ccc(O)cc1. The number of carbonyl (C=O) groups excluding carboxylic acids is 1. The molecule has 0 fully saturated rings. The lowest BCUT2D eigenvalue weighted by Gasteiger charge is -2.11. The molecular formula is C16H17NO3. The van der Waals surface area contributed by atoms with Crippen LogP contribution in [0, 0.1) is 0 Å². The third-order valence-electron chi connectivity index (χ3n) is 3.04. The summed E-state index contributed by atoms with van der Waals surface area (Å²) in [5.74, 6) is 0.333. The van der Waals surface area contributed by atoms with Gasteiger partial charge in [-0.15, -0.1) is 0 Å². The highest BCUT2D eigenvalue weighted by Crippen LogP contribution is 2.29. The second kappa shape index (κ2) is 6.10. The molecular weight excluding hydrogens is 254 g/mol. The highest BCUT2D eigenvalue weighted by molar-refractivity contribution is 5.73. The van der Waals surface area contributed by atoms with Gasteiger partial charge in [0.05, 0.1) is 0 Å². The summed E-state index contributed by atoms with van der Waals surface area (Å²) < 4.78 is 0. The standard InChI is InChI=1S/C16H17NO3/c1-11(18)17-9-8-13-4-7-15(20)10-16(13)12-2-5-14(19)6-3-12/h2-7,10,19-20H,8-9H2,1H3,(H,17,18).